The molecule has 0 unspecified atom stereocenters. The summed E-state index contributed by atoms with van der Waals surface area (Å²) in [6.07, 6.45) is 7.16. The predicted molar refractivity (Wildman–Crippen MR) is 102 cm³/mol. The number of rotatable bonds is 3. The van der Waals surface area contributed by atoms with E-state index in [2.05, 4.69) is 15.3 Å². The van der Waals surface area contributed by atoms with Gasteiger partial charge in [-0.15, -0.1) is 11.3 Å². The zero-order valence-corrected chi connectivity index (χ0v) is 15.8. The lowest BCUT2D eigenvalue weighted by Gasteiger charge is -2.46. The molecule has 26 heavy (non-hydrogen) atoms. The van der Waals surface area contributed by atoms with Crippen LogP contribution >= 0.6 is 11.3 Å². The molecule has 2 aromatic rings. The third kappa shape index (κ3) is 3.59. The monoisotopic (exact) mass is 372 g/mol. The fourth-order valence-corrected chi connectivity index (χ4v) is 4.64. The van der Waals surface area contributed by atoms with Gasteiger partial charge in [0.05, 0.1) is 11.2 Å². The lowest BCUT2D eigenvalue weighted by Crippen LogP contribution is -2.52. The van der Waals surface area contributed by atoms with Crippen LogP contribution in [-0.4, -0.2) is 52.1 Å². The van der Waals surface area contributed by atoms with Crippen molar-refractivity contribution in [2.75, 3.05) is 25.0 Å². The molecule has 138 valence electrons. The maximum atomic E-state index is 12.7. The molecule has 2 aliphatic rings. The van der Waals surface area contributed by atoms with Crippen LogP contribution in [-0.2, 0) is 4.74 Å². The van der Waals surface area contributed by atoms with E-state index in [4.69, 9.17) is 4.74 Å². The molecule has 2 aromatic heterocycles. The number of piperidine rings is 1. The predicted octanol–water partition coefficient (Wildman–Crippen LogP) is 3.11. The zero-order valence-electron chi connectivity index (χ0n) is 15.0. The van der Waals surface area contributed by atoms with Gasteiger partial charge in [0.25, 0.3) is 5.91 Å². The maximum Gasteiger partial charge on any atom is 0.254 e. The second-order valence-electron chi connectivity index (χ2n) is 7.12. The van der Waals surface area contributed by atoms with Crippen molar-refractivity contribution < 1.29 is 9.53 Å². The fraction of sp³-hybridized carbons (Fsp3) is 0.526. The van der Waals surface area contributed by atoms with Crippen molar-refractivity contribution in [1.29, 1.82) is 0 Å². The lowest BCUT2D eigenvalue weighted by atomic mass is 9.82. The Morgan fingerprint density at radius 1 is 1.35 bits per heavy atom. The highest BCUT2D eigenvalue weighted by molar-refractivity contribution is 7.10. The summed E-state index contributed by atoms with van der Waals surface area (Å²) in [5.41, 5.74) is 0.710. The van der Waals surface area contributed by atoms with E-state index in [1.54, 1.807) is 23.7 Å². The van der Waals surface area contributed by atoms with Crippen molar-refractivity contribution in [3.8, 4) is 0 Å². The lowest BCUT2D eigenvalue weighted by molar-refractivity contribution is -0.110. The normalized spacial score (nSPS) is 22.3. The van der Waals surface area contributed by atoms with Gasteiger partial charge in [0, 0.05) is 43.0 Å². The molecular formula is C19H24N4O2S. The van der Waals surface area contributed by atoms with E-state index in [9.17, 15) is 4.79 Å². The first-order valence-electron chi connectivity index (χ1n) is 9.16. The minimum absolute atomic E-state index is 0.134. The summed E-state index contributed by atoms with van der Waals surface area (Å²) in [4.78, 5) is 24.3. The first-order chi connectivity index (χ1) is 12.7. The number of carbonyl (C=O) groups excluding carboxylic acids is 1. The number of aryl methyl sites for hydroxylation is 1. The number of hydrogen-bond acceptors (Lipinski definition) is 6. The number of carbonyl (C=O) groups is 1. The molecular weight excluding hydrogens is 348 g/mol. The van der Waals surface area contributed by atoms with Gasteiger partial charge in [-0.3, -0.25) is 4.79 Å². The van der Waals surface area contributed by atoms with Crippen LogP contribution in [0.25, 0.3) is 0 Å². The van der Waals surface area contributed by atoms with Crippen LogP contribution in [0.2, 0.25) is 0 Å². The molecule has 0 bridgehead atoms. The highest BCUT2D eigenvalue weighted by Crippen LogP contribution is 2.36. The number of hydrogen-bond donors (Lipinski definition) is 1. The number of amides is 1. The van der Waals surface area contributed by atoms with Gasteiger partial charge in [-0.25, -0.2) is 9.97 Å². The highest BCUT2D eigenvalue weighted by Gasteiger charge is 2.41. The molecule has 7 heteroatoms. The average molecular weight is 372 g/mol. The van der Waals surface area contributed by atoms with Crippen LogP contribution in [0, 0.1) is 6.92 Å². The molecule has 0 aliphatic carbocycles. The second kappa shape index (κ2) is 7.32. The van der Waals surface area contributed by atoms with Crippen LogP contribution in [0.4, 0.5) is 5.95 Å². The summed E-state index contributed by atoms with van der Waals surface area (Å²) in [5, 5.41) is 5.42. The second-order valence-corrected chi connectivity index (χ2v) is 8.24. The molecule has 6 nitrogen and oxygen atoms in total. The average Bonchev–Trinajstić information content (AvgIpc) is 3.09. The van der Waals surface area contributed by atoms with E-state index in [0.29, 0.717) is 12.0 Å². The zero-order chi connectivity index (χ0) is 18.0. The first kappa shape index (κ1) is 17.4. The van der Waals surface area contributed by atoms with E-state index in [1.807, 2.05) is 29.3 Å². The van der Waals surface area contributed by atoms with Crippen LogP contribution in [0.1, 0.15) is 40.9 Å². The summed E-state index contributed by atoms with van der Waals surface area (Å²) in [7, 11) is 0. The van der Waals surface area contributed by atoms with Gasteiger partial charge in [0.15, 0.2) is 0 Å². The number of ether oxygens (including phenoxy) is 1. The fourth-order valence-electron chi connectivity index (χ4n) is 3.95. The Bertz CT molecular complexity index is 756. The molecule has 0 radical (unpaired) electrons. The highest BCUT2D eigenvalue weighted by atomic mass is 32.1. The SMILES string of the molecule is Cc1sccc1C(=O)N1CCC2(CC1)C[C@@H](Nc1ncccn1)CCO2. The Hall–Kier alpha value is -1.99. The smallest absolute Gasteiger partial charge is 0.254 e. The Balaban J connectivity index is 1.37. The van der Waals surface area contributed by atoms with Crippen LogP contribution in [0.3, 0.4) is 0 Å². The van der Waals surface area contributed by atoms with Crippen molar-refractivity contribution in [3.05, 3.63) is 40.3 Å². The molecule has 1 amide bonds. The first-order valence-corrected chi connectivity index (χ1v) is 10.0. The van der Waals surface area contributed by atoms with Crippen LogP contribution in [0.15, 0.2) is 29.9 Å². The number of likely N-dealkylation sites (tertiary alicyclic amines) is 1. The van der Waals surface area contributed by atoms with Gasteiger partial charge in [-0.1, -0.05) is 0 Å². The number of nitrogens with one attached hydrogen (secondary N) is 1. The number of thiophene rings is 1. The molecule has 4 rings (SSSR count). The van der Waals surface area contributed by atoms with Gasteiger partial charge < -0.3 is 15.0 Å². The van der Waals surface area contributed by atoms with E-state index in [-0.39, 0.29) is 11.5 Å². The van der Waals surface area contributed by atoms with Gasteiger partial charge in [0.1, 0.15) is 0 Å². The van der Waals surface area contributed by atoms with E-state index in [0.717, 1.165) is 55.8 Å². The van der Waals surface area contributed by atoms with Crippen molar-refractivity contribution in [3.63, 3.8) is 0 Å². The van der Waals surface area contributed by atoms with Gasteiger partial charge >= 0.3 is 0 Å². The Kier molecular flexibility index (Phi) is 4.91. The molecule has 4 heterocycles. The molecule has 0 saturated carbocycles. The number of nitrogens with zero attached hydrogens (tertiary/aromatic N) is 3. The van der Waals surface area contributed by atoms with Crippen molar-refractivity contribution in [2.45, 2.75) is 44.2 Å². The van der Waals surface area contributed by atoms with Crippen LogP contribution in [0.5, 0.6) is 0 Å². The minimum Gasteiger partial charge on any atom is -0.375 e. The molecule has 2 aliphatic heterocycles. The quantitative estimate of drug-likeness (QED) is 0.897. The minimum atomic E-state index is -0.134. The third-order valence-electron chi connectivity index (χ3n) is 5.44. The summed E-state index contributed by atoms with van der Waals surface area (Å²) in [5.74, 6) is 0.830. The van der Waals surface area contributed by atoms with Crippen molar-refractivity contribution in [1.82, 2.24) is 14.9 Å². The van der Waals surface area contributed by atoms with E-state index < -0.39 is 0 Å². The third-order valence-corrected chi connectivity index (χ3v) is 6.29. The summed E-state index contributed by atoms with van der Waals surface area (Å²) >= 11 is 1.63. The largest absolute Gasteiger partial charge is 0.375 e. The molecule has 0 aromatic carbocycles. The van der Waals surface area contributed by atoms with E-state index in [1.165, 1.54) is 0 Å². The molecule has 1 spiro atoms. The van der Waals surface area contributed by atoms with Crippen molar-refractivity contribution in [2.24, 2.45) is 0 Å². The van der Waals surface area contributed by atoms with Gasteiger partial charge in [-0.05, 0) is 50.1 Å². The molecule has 1 N–H and O–H groups in total. The van der Waals surface area contributed by atoms with Crippen molar-refractivity contribution >= 4 is 23.2 Å². The summed E-state index contributed by atoms with van der Waals surface area (Å²) < 4.78 is 6.20. The summed E-state index contributed by atoms with van der Waals surface area (Å²) in [6.45, 7) is 4.25. The topological polar surface area (TPSA) is 67.4 Å². The van der Waals surface area contributed by atoms with Gasteiger partial charge in [-0.2, -0.15) is 0 Å². The van der Waals surface area contributed by atoms with Crippen LogP contribution < -0.4 is 5.32 Å². The number of aromatic nitrogens is 2. The number of anilines is 1. The Morgan fingerprint density at radius 3 is 2.81 bits per heavy atom. The van der Waals surface area contributed by atoms with E-state index >= 15 is 0 Å². The summed E-state index contributed by atoms with van der Waals surface area (Å²) in [6, 6.07) is 4.06. The maximum absolute atomic E-state index is 12.7. The molecule has 2 saturated heterocycles. The molecule has 2 fully saturated rings. The van der Waals surface area contributed by atoms with Gasteiger partial charge in [0.2, 0.25) is 5.95 Å². The Morgan fingerprint density at radius 2 is 2.12 bits per heavy atom. The Labute approximate surface area is 157 Å². The molecule has 1 atom stereocenters. The standard InChI is InChI=1S/C19H24N4O2S/c1-14-16(4-12-26-14)17(24)23-9-5-19(6-10-23)13-15(3-11-25-19)22-18-20-7-2-8-21-18/h2,4,7-8,12,15H,3,5-6,9-11,13H2,1H3,(H,20,21,22)/t15-/m0/s1.